The molecule has 12 heteroatoms. The molecule has 6 nitrogen and oxygen atoms in total. The summed E-state index contributed by atoms with van der Waals surface area (Å²) >= 11 is 0. The second kappa shape index (κ2) is 7.91. The van der Waals surface area contributed by atoms with Crippen molar-refractivity contribution in [2.24, 2.45) is 0 Å². The van der Waals surface area contributed by atoms with Crippen LogP contribution in [0.1, 0.15) is 30.4 Å². The summed E-state index contributed by atoms with van der Waals surface area (Å²) in [4.78, 5) is 21.6. The van der Waals surface area contributed by atoms with Gasteiger partial charge in [0.1, 0.15) is 11.6 Å². The maximum atomic E-state index is 13.7. The van der Waals surface area contributed by atoms with E-state index in [4.69, 9.17) is 0 Å². The third-order valence-corrected chi connectivity index (χ3v) is 5.49. The summed E-state index contributed by atoms with van der Waals surface area (Å²) in [7, 11) is 0. The summed E-state index contributed by atoms with van der Waals surface area (Å²) in [5.41, 5.74) is -1.80. The molecule has 2 aliphatic heterocycles. The van der Waals surface area contributed by atoms with Gasteiger partial charge in [0.25, 0.3) is 0 Å². The van der Waals surface area contributed by atoms with Crippen LogP contribution in [-0.4, -0.2) is 47.7 Å². The summed E-state index contributed by atoms with van der Waals surface area (Å²) in [5.74, 6) is -3.36. The number of nitrogens with zero attached hydrogens (tertiary/aromatic N) is 3. The van der Waals surface area contributed by atoms with E-state index in [1.54, 1.807) is 4.90 Å². The maximum absolute atomic E-state index is 13.7. The summed E-state index contributed by atoms with van der Waals surface area (Å²) in [6, 6.07) is 2.83. The quantitative estimate of drug-likeness (QED) is 0.666. The number of hydrogen-bond donors (Lipinski definition) is 2. The van der Waals surface area contributed by atoms with E-state index in [0.717, 1.165) is 18.3 Å². The fourth-order valence-electron chi connectivity index (χ4n) is 4.02. The molecule has 1 fully saturated rings. The lowest BCUT2D eigenvalue weighted by molar-refractivity contribution is -0.156. The molecule has 0 saturated carbocycles. The van der Waals surface area contributed by atoms with E-state index in [1.165, 1.54) is 6.07 Å². The molecule has 2 N–H and O–H groups in total. The fraction of sp³-hybridized carbons (Fsp3) is 0.450. The summed E-state index contributed by atoms with van der Waals surface area (Å²) in [6.07, 6.45) is -9.25. The maximum Gasteiger partial charge on any atom is 0.416 e. The predicted octanol–water partition coefficient (Wildman–Crippen LogP) is 3.95. The van der Waals surface area contributed by atoms with E-state index in [-0.39, 0.29) is 34.5 Å². The minimum absolute atomic E-state index is 0.00190. The van der Waals surface area contributed by atoms with Crippen molar-refractivity contribution >= 4 is 17.5 Å². The van der Waals surface area contributed by atoms with Gasteiger partial charge in [-0.25, -0.2) is 9.97 Å². The number of hydrogen-bond acceptors (Lipinski definition) is 5. The van der Waals surface area contributed by atoms with Crippen LogP contribution >= 0.6 is 0 Å². The molecule has 1 amide bonds. The van der Waals surface area contributed by atoms with Gasteiger partial charge < -0.3 is 15.5 Å². The Bertz CT molecular complexity index is 1040. The number of piperazine rings is 1. The van der Waals surface area contributed by atoms with Crippen LogP contribution in [0.15, 0.2) is 24.4 Å². The van der Waals surface area contributed by atoms with Crippen molar-refractivity contribution in [3.05, 3.63) is 35.5 Å². The van der Waals surface area contributed by atoms with Gasteiger partial charge in [-0.1, -0.05) is 0 Å². The zero-order valence-corrected chi connectivity index (χ0v) is 16.8. The van der Waals surface area contributed by atoms with Crippen molar-refractivity contribution in [2.45, 2.75) is 37.7 Å². The Morgan fingerprint density at radius 3 is 2.56 bits per heavy atom. The molecule has 2 aliphatic rings. The average Bonchev–Trinajstić information content (AvgIpc) is 2.71. The van der Waals surface area contributed by atoms with Crippen molar-refractivity contribution in [1.82, 2.24) is 15.3 Å². The van der Waals surface area contributed by atoms with Crippen molar-refractivity contribution in [2.75, 3.05) is 29.9 Å². The van der Waals surface area contributed by atoms with E-state index in [0.29, 0.717) is 19.6 Å². The summed E-state index contributed by atoms with van der Waals surface area (Å²) in [6.45, 7) is 3.19. The number of nitrogens with one attached hydrogen (secondary N) is 2. The zero-order chi connectivity index (χ0) is 23.3. The monoisotopic (exact) mass is 459 g/mol. The third kappa shape index (κ3) is 4.36. The van der Waals surface area contributed by atoms with E-state index in [1.807, 2.05) is 6.92 Å². The largest absolute Gasteiger partial charge is 0.416 e. The first-order valence-corrected chi connectivity index (χ1v) is 9.87. The van der Waals surface area contributed by atoms with Gasteiger partial charge in [-0.2, -0.15) is 26.3 Å². The Morgan fingerprint density at radius 2 is 1.91 bits per heavy atom. The normalized spacial score (nSPS) is 21.8. The number of fused-ring (bicyclic) bond motifs is 1. The molecule has 0 bridgehead atoms. The number of pyridine rings is 2. The first-order valence-electron chi connectivity index (χ1n) is 9.87. The fourth-order valence-corrected chi connectivity index (χ4v) is 4.02. The molecular formula is C20H19F6N5O. The molecule has 32 heavy (non-hydrogen) atoms. The second-order valence-electron chi connectivity index (χ2n) is 7.87. The van der Waals surface area contributed by atoms with E-state index in [2.05, 4.69) is 20.6 Å². The van der Waals surface area contributed by atoms with Crippen molar-refractivity contribution in [1.29, 1.82) is 0 Å². The van der Waals surface area contributed by atoms with E-state index in [9.17, 15) is 31.1 Å². The number of carbonyl (C=O) groups excluding carboxylic acids is 1. The van der Waals surface area contributed by atoms with Gasteiger partial charge in [0.2, 0.25) is 5.91 Å². The minimum Gasteiger partial charge on any atom is -0.354 e. The number of halogens is 6. The molecule has 172 valence electrons. The van der Waals surface area contributed by atoms with Crippen molar-refractivity contribution in [3.63, 3.8) is 0 Å². The smallest absolute Gasteiger partial charge is 0.354 e. The van der Waals surface area contributed by atoms with Crippen LogP contribution in [0.3, 0.4) is 0 Å². The van der Waals surface area contributed by atoms with Gasteiger partial charge in [0.15, 0.2) is 0 Å². The van der Waals surface area contributed by atoms with Crippen LogP contribution in [0.5, 0.6) is 0 Å². The van der Waals surface area contributed by atoms with E-state index >= 15 is 0 Å². The molecule has 2 aromatic rings. The average molecular weight is 459 g/mol. The van der Waals surface area contributed by atoms with Gasteiger partial charge in [-0.15, -0.1) is 0 Å². The SMILES string of the molecule is C[C@H]1CN(c2cc(C(F)(F)F)cc(-c3ccnc4c3C(C(F)(F)F)CC(=O)N4)n2)CCN1. The molecular weight excluding hydrogens is 440 g/mol. The first-order chi connectivity index (χ1) is 14.9. The molecule has 1 unspecified atom stereocenters. The molecule has 0 aliphatic carbocycles. The standard InChI is InChI=1S/C20H19F6N5O/c1-10-9-31(5-4-27-10)15-7-11(19(21,22)23)6-14(29-15)12-2-3-28-18-17(12)13(20(24,25)26)8-16(32)30-18/h2-3,6-7,10,13,27H,4-5,8-9H2,1H3,(H,28,30,32)/t10-,13?/m0/s1. The van der Waals surface area contributed by atoms with Gasteiger partial charge in [-0.3, -0.25) is 4.79 Å². The van der Waals surface area contributed by atoms with Gasteiger partial charge >= 0.3 is 12.4 Å². The first kappa shape index (κ1) is 22.3. The number of rotatable bonds is 2. The number of aromatic nitrogens is 2. The van der Waals surface area contributed by atoms with Crippen LogP contribution in [0.25, 0.3) is 11.3 Å². The Labute approximate surface area is 179 Å². The lowest BCUT2D eigenvalue weighted by Gasteiger charge is -2.33. The molecule has 4 heterocycles. The highest BCUT2D eigenvalue weighted by atomic mass is 19.4. The van der Waals surface area contributed by atoms with E-state index < -0.39 is 36.2 Å². The van der Waals surface area contributed by atoms with Crippen LogP contribution in [0.4, 0.5) is 38.0 Å². The van der Waals surface area contributed by atoms with Crippen LogP contribution in [-0.2, 0) is 11.0 Å². The van der Waals surface area contributed by atoms with Crippen LogP contribution in [0, 0.1) is 0 Å². The third-order valence-electron chi connectivity index (χ3n) is 5.49. The zero-order valence-electron chi connectivity index (χ0n) is 16.8. The summed E-state index contributed by atoms with van der Waals surface area (Å²) < 4.78 is 82.2. The Hall–Kier alpha value is -2.89. The molecule has 0 aromatic carbocycles. The number of carbonyl (C=O) groups is 1. The molecule has 2 aromatic heterocycles. The second-order valence-corrected chi connectivity index (χ2v) is 7.87. The Kier molecular flexibility index (Phi) is 5.51. The lowest BCUT2D eigenvalue weighted by Crippen LogP contribution is -2.49. The van der Waals surface area contributed by atoms with Crippen molar-refractivity contribution in [3.8, 4) is 11.3 Å². The Balaban J connectivity index is 1.90. The predicted molar refractivity (Wildman–Crippen MR) is 104 cm³/mol. The molecule has 0 spiro atoms. The van der Waals surface area contributed by atoms with Gasteiger partial charge in [0.05, 0.1) is 17.2 Å². The van der Waals surface area contributed by atoms with Gasteiger partial charge in [0, 0.05) is 49.4 Å². The van der Waals surface area contributed by atoms with Crippen LogP contribution < -0.4 is 15.5 Å². The highest BCUT2D eigenvalue weighted by Crippen LogP contribution is 2.47. The molecule has 1 saturated heterocycles. The lowest BCUT2D eigenvalue weighted by atomic mass is 9.87. The van der Waals surface area contributed by atoms with Crippen molar-refractivity contribution < 1.29 is 31.1 Å². The molecule has 0 radical (unpaired) electrons. The highest BCUT2D eigenvalue weighted by Gasteiger charge is 2.47. The number of alkyl halides is 6. The van der Waals surface area contributed by atoms with Gasteiger partial charge in [-0.05, 0) is 25.1 Å². The number of anilines is 2. The minimum atomic E-state index is -4.79. The summed E-state index contributed by atoms with van der Waals surface area (Å²) in [5, 5.41) is 5.46. The van der Waals surface area contributed by atoms with Crippen LogP contribution in [0.2, 0.25) is 0 Å². The Morgan fingerprint density at radius 1 is 1.16 bits per heavy atom. The molecule has 2 atom stereocenters. The highest BCUT2D eigenvalue weighted by molar-refractivity contribution is 5.95. The molecule has 4 rings (SSSR count). The number of amides is 1. The topological polar surface area (TPSA) is 70.2 Å².